The molecular weight excluding hydrogens is 164 g/mol. The molecule has 1 aromatic heterocycles. The van der Waals surface area contributed by atoms with Crippen molar-refractivity contribution in [3.63, 3.8) is 0 Å². The number of nitrogens with zero attached hydrogens (tertiary/aromatic N) is 1. The summed E-state index contributed by atoms with van der Waals surface area (Å²) in [4.78, 5) is 2.45. The number of hydrogen-bond donors (Lipinski definition) is 1. The van der Waals surface area contributed by atoms with E-state index >= 15 is 0 Å². The van der Waals surface area contributed by atoms with Gasteiger partial charge in [-0.15, -0.1) is 0 Å². The van der Waals surface area contributed by atoms with Crippen molar-refractivity contribution in [2.45, 2.75) is 24.9 Å². The van der Waals surface area contributed by atoms with E-state index in [2.05, 4.69) is 11.0 Å². The van der Waals surface area contributed by atoms with Crippen LogP contribution in [-0.2, 0) is 6.42 Å². The molecule has 2 heterocycles. The van der Waals surface area contributed by atoms with E-state index in [0.717, 1.165) is 19.5 Å². The molecule has 1 saturated heterocycles. The monoisotopic (exact) mass is 178 g/mol. The molecule has 13 heavy (non-hydrogen) atoms. The van der Waals surface area contributed by atoms with Crippen LogP contribution in [0.1, 0.15) is 23.8 Å². The Morgan fingerprint density at radius 2 is 2.31 bits per heavy atom. The van der Waals surface area contributed by atoms with Gasteiger partial charge in [-0.3, -0.25) is 4.90 Å². The molecule has 2 aliphatic rings. The Balaban J connectivity index is 1.81. The molecule has 2 N–H and O–H groups in total. The summed E-state index contributed by atoms with van der Waals surface area (Å²) in [6, 6.07) is 3.10. The van der Waals surface area contributed by atoms with Gasteiger partial charge in [-0.25, -0.2) is 0 Å². The number of likely N-dealkylation sites (tertiary alicyclic amines) is 1. The zero-order valence-electron chi connectivity index (χ0n) is 7.57. The van der Waals surface area contributed by atoms with Crippen LogP contribution in [0.25, 0.3) is 0 Å². The minimum Gasteiger partial charge on any atom is -0.469 e. The molecule has 0 aromatic carbocycles. The Kier molecular flexibility index (Phi) is 1.51. The number of rotatable bonds is 1. The highest BCUT2D eigenvalue weighted by Crippen LogP contribution is 2.38. The molecule has 1 unspecified atom stereocenters. The van der Waals surface area contributed by atoms with Crippen LogP contribution in [0.5, 0.6) is 0 Å². The van der Waals surface area contributed by atoms with Gasteiger partial charge < -0.3 is 10.2 Å². The van der Waals surface area contributed by atoms with Crippen molar-refractivity contribution in [1.29, 1.82) is 0 Å². The number of furan rings is 1. The van der Waals surface area contributed by atoms with Crippen LogP contribution in [0, 0.1) is 0 Å². The van der Waals surface area contributed by atoms with Crippen LogP contribution in [0.2, 0.25) is 0 Å². The van der Waals surface area contributed by atoms with Gasteiger partial charge in [-0.2, -0.15) is 0 Å². The van der Waals surface area contributed by atoms with Crippen molar-refractivity contribution in [2.75, 3.05) is 13.1 Å². The van der Waals surface area contributed by atoms with Crippen molar-refractivity contribution < 1.29 is 4.42 Å². The molecule has 1 aliphatic heterocycles. The van der Waals surface area contributed by atoms with Gasteiger partial charge in [-0.1, -0.05) is 0 Å². The van der Waals surface area contributed by atoms with E-state index in [0.29, 0.717) is 12.1 Å². The minimum atomic E-state index is 0.399. The smallest absolute Gasteiger partial charge is 0.108 e. The van der Waals surface area contributed by atoms with Crippen molar-refractivity contribution in [3.05, 3.63) is 23.7 Å². The molecule has 0 bridgehead atoms. The summed E-state index contributed by atoms with van der Waals surface area (Å²) in [5, 5.41) is 0. The highest BCUT2D eigenvalue weighted by molar-refractivity contribution is 5.27. The standard InChI is InChI=1S/C10H14N2O/c11-7-5-12(6-7)9-1-2-10-8(9)3-4-13-10/h3-4,7,9H,1-2,5-6,11H2. The molecule has 3 nitrogen and oxygen atoms in total. The van der Waals surface area contributed by atoms with E-state index in [4.69, 9.17) is 10.2 Å². The Bertz CT molecular complexity index is 314. The average molecular weight is 178 g/mol. The van der Waals surface area contributed by atoms with Crippen LogP contribution < -0.4 is 5.73 Å². The topological polar surface area (TPSA) is 42.4 Å². The first kappa shape index (κ1) is 7.59. The second kappa shape index (κ2) is 2.59. The quantitative estimate of drug-likeness (QED) is 0.695. The van der Waals surface area contributed by atoms with Crippen LogP contribution in [0.3, 0.4) is 0 Å². The highest BCUT2D eigenvalue weighted by atomic mass is 16.3. The van der Waals surface area contributed by atoms with E-state index in [9.17, 15) is 0 Å². The van der Waals surface area contributed by atoms with Crippen LogP contribution in [0.4, 0.5) is 0 Å². The van der Waals surface area contributed by atoms with Gasteiger partial charge >= 0.3 is 0 Å². The lowest BCUT2D eigenvalue weighted by molar-refractivity contribution is 0.0942. The molecule has 3 heteroatoms. The van der Waals surface area contributed by atoms with Crippen LogP contribution >= 0.6 is 0 Å². The zero-order chi connectivity index (χ0) is 8.84. The van der Waals surface area contributed by atoms with Gasteiger partial charge in [0.15, 0.2) is 0 Å². The van der Waals surface area contributed by atoms with Gasteiger partial charge in [0.2, 0.25) is 0 Å². The second-order valence-corrected chi connectivity index (χ2v) is 4.07. The Morgan fingerprint density at radius 3 is 3.08 bits per heavy atom. The SMILES string of the molecule is NC1CN(C2CCc3occc32)C1. The molecule has 0 saturated carbocycles. The molecule has 1 atom stereocenters. The van der Waals surface area contributed by atoms with Gasteiger partial charge in [0, 0.05) is 37.2 Å². The van der Waals surface area contributed by atoms with Crippen molar-refractivity contribution in [2.24, 2.45) is 5.73 Å². The van der Waals surface area contributed by atoms with Crippen LogP contribution in [0.15, 0.2) is 16.7 Å². The molecule has 0 amide bonds. The highest BCUT2D eigenvalue weighted by Gasteiger charge is 2.35. The summed E-state index contributed by atoms with van der Waals surface area (Å²) >= 11 is 0. The molecule has 1 fully saturated rings. The third-order valence-corrected chi connectivity index (χ3v) is 3.16. The normalized spacial score (nSPS) is 28.8. The third-order valence-electron chi connectivity index (χ3n) is 3.16. The first-order valence-electron chi connectivity index (χ1n) is 4.90. The van der Waals surface area contributed by atoms with Gasteiger partial charge in [-0.05, 0) is 12.5 Å². The first-order valence-corrected chi connectivity index (χ1v) is 4.90. The van der Waals surface area contributed by atoms with Crippen LogP contribution in [-0.4, -0.2) is 24.0 Å². The van der Waals surface area contributed by atoms with E-state index in [-0.39, 0.29) is 0 Å². The average Bonchev–Trinajstić information content (AvgIpc) is 2.58. The van der Waals surface area contributed by atoms with Gasteiger partial charge in [0.05, 0.1) is 6.26 Å². The van der Waals surface area contributed by atoms with E-state index < -0.39 is 0 Å². The molecule has 0 radical (unpaired) electrons. The largest absolute Gasteiger partial charge is 0.469 e. The van der Waals surface area contributed by atoms with Crippen molar-refractivity contribution in [3.8, 4) is 0 Å². The fraction of sp³-hybridized carbons (Fsp3) is 0.600. The van der Waals surface area contributed by atoms with Crippen molar-refractivity contribution >= 4 is 0 Å². The summed E-state index contributed by atoms with van der Waals surface area (Å²) in [6.45, 7) is 2.10. The molecule has 1 aliphatic carbocycles. The summed E-state index contributed by atoms with van der Waals surface area (Å²) < 4.78 is 5.39. The predicted molar refractivity (Wildman–Crippen MR) is 49.3 cm³/mol. The number of hydrogen-bond acceptors (Lipinski definition) is 3. The fourth-order valence-corrected chi connectivity index (χ4v) is 2.46. The van der Waals surface area contributed by atoms with E-state index in [1.807, 2.05) is 0 Å². The Hall–Kier alpha value is -0.800. The van der Waals surface area contributed by atoms with Gasteiger partial charge in [0.25, 0.3) is 0 Å². The maximum absolute atomic E-state index is 5.77. The maximum Gasteiger partial charge on any atom is 0.108 e. The second-order valence-electron chi connectivity index (χ2n) is 4.07. The van der Waals surface area contributed by atoms with Gasteiger partial charge in [0.1, 0.15) is 5.76 Å². The van der Waals surface area contributed by atoms with E-state index in [1.165, 1.54) is 17.7 Å². The minimum absolute atomic E-state index is 0.399. The molecule has 0 spiro atoms. The summed E-state index contributed by atoms with van der Waals surface area (Å²) in [5.74, 6) is 1.19. The first-order chi connectivity index (χ1) is 6.34. The number of fused-ring (bicyclic) bond motifs is 1. The fourth-order valence-electron chi connectivity index (χ4n) is 2.46. The van der Waals surface area contributed by atoms with Crippen molar-refractivity contribution in [1.82, 2.24) is 4.90 Å². The molecular formula is C10H14N2O. The number of aryl methyl sites for hydroxylation is 1. The Morgan fingerprint density at radius 1 is 1.46 bits per heavy atom. The van der Waals surface area contributed by atoms with E-state index in [1.54, 1.807) is 6.26 Å². The zero-order valence-corrected chi connectivity index (χ0v) is 7.57. The third kappa shape index (κ3) is 1.04. The molecule has 1 aromatic rings. The lowest BCUT2D eigenvalue weighted by Gasteiger charge is -2.41. The molecule has 3 rings (SSSR count). The Labute approximate surface area is 77.5 Å². The predicted octanol–water partition coefficient (Wildman–Crippen LogP) is 0.910. The number of nitrogens with two attached hydrogens (primary N) is 1. The maximum atomic E-state index is 5.77. The lowest BCUT2D eigenvalue weighted by Crippen LogP contribution is -2.56. The summed E-state index contributed by atoms with van der Waals surface area (Å²) in [6.07, 6.45) is 4.11. The summed E-state index contributed by atoms with van der Waals surface area (Å²) in [5.41, 5.74) is 7.16. The summed E-state index contributed by atoms with van der Waals surface area (Å²) in [7, 11) is 0. The lowest BCUT2D eigenvalue weighted by atomic mass is 10.0. The molecule has 70 valence electrons.